The zero-order valence-corrected chi connectivity index (χ0v) is 24.1. The zero-order valence-electron chi connectivity index (χ0n) is 24.1. The van der Waals surface area contributed by atoms with Crippen LogP contribution in [0.3, 0.4) is 0 Å². The molecule has 42 heavy (non-hydrogen) atoms. The molecule has 216 valence electrons. The highest BCUT2D eigenvalue weighted by Gasteiger charge is 2.28. The van der Waals surface area contributed by atoms with Crippen LogP contribution in [-0.4, -0.2) is 36.9 Å². The van der Waals surface area contributed by atoms with Crippen molar-refractivity contribution in [2.24, 2.45) is 0 Å². The molecule has 3 N–H and O–H groups in total. The Bertz CT molecular complexity index is 1680. The predicted octanol–water partition coefficient (Wildman–Crippen LogP) is 6.00. The smallest absolute Gasteiger partial charge is 0.226 e. The molecular formula is C32H35N7O3. The van der Waals surface area contributed by atoms with E-state index in [9.17, 15) is 4.79 Å². The molecule has 10 heteroatoms. The number of nitrogens with zero attached hydrogens (tertiary/aromatic N) is 5. The number of hydrogen-bond donors (Lipinski definition) is 2. The van der Waals surface area contributed by atoms with Crippen molar-refractivity contribution in [3.8, 4) is 22.8 Å². The number of carbonyl (C=O) groups is 1. The number of para-hydroxylation sites is 1. The van der Waals surface area contributed by atoms with Crippen molar-refractivity contribution in [3.05, 3.63) is 78.4 Å². The van der Waals surface area contributed by atoms with Gasteiger partial charge in [0.2, 0.25) is 5.91 Å². The minimum absolute atomic E-state index is 0.0424. The molecule has 0 saturated heterocycles. The summed E-state index contributed by atoms with van der Waals surface area (Å²) in [5.41, 5.74) is 9.22. The van der Waals surface area contributed by atoms with Gasteiger partial charge in [-0.15, -0.1) is 0 Å². The van der Waals surface area contributed by atoms with Crippen LogP contribution >= 0.6 is 0 Å². The summed E-state index contributed by atoms with van der Waals surface area (Å²) in [7, 11) is 0. The van der Waals surface area contributed by atoms with Crippen LogP contribution in [0.1, 0.15) is 64.0 Å². The molecule has 0 unspecified atom stereocenters. The van der Waals surface area contributed by atoms with Crippen LogP contribution < -0.4 is 15.8 Å². The zero-order chi connectivity index (χ0) is 29.3. The number of benzene rings is 2. The van der Waals surface area contributed by atoms with E-state index in [0.717, 1.165) is 65.2 Å². The fourth-order valence-electron chi connectivity index (χ4n) is 5.41. The summed E-state index contributed by atoms with van der Waals surface area (Å²) >= 11 is 0. The molecule has 1 fully saturated rings. The van der Waals surface area contributed by atoms with Gasteiger partial charge < -0.3 is 20.3 Å². The first-order valence-corrected chi connectivity index (χ1v) is 14.3. The SMILES string of the molecule is CC(C)(C)c1cc(CC(=O)N[C@H]2CC[C@@H](n3nc(-c4ccc(Oc5ccccc5)cc4)c4c(N)ncnc43)CC2)no1. The number of ether oxygens (including phenoxy) is 1. The van der Waals surface area contributed by atoms with E-state index in [1.165, 1.54) is 6.33 Å². The van der Waals surface area contributed by atoms with Gasteiger partial charge in [0.25, 0.3) is 0 Å². The van der Waals surface area contributed by atoms with Crippen LogP contribution in [0, 0.1) is 0 Å². The fourth-order valence-corrected chi connectivity index (χ4v) is 5.41. The molecule has 6 rings (SSSR count). The molecule has 3 aromatic heterocycles. The summed E-state index contributed by atoms with van der Waals surface area (Å²) in [4.78, 5) is 21.6. The number of carbonyl (C=O) groups excluding carboxylic acids is 1. The van der Waals surface area contributed by atoms with Gasteiger partial charge in [-0.1, -0.05) is 44.1 Å². The lowest BCUT2D eigenvalue weighted by Gasteiger charge is -2.29. The Morgan fingerprint density at radius 2 is 1.74 bits per heavy atom. The van der Waals surface area contributed by atoms with Crippen molar-refractivity contribution in [2.75, 3.05) is 5.73 Å². The third-order valence-electron chi connectivity index (χ3n) is 7.67. The van der Waals surface area contributed by atoms with Crippen molar-refractivity contribution in [3.63, 3.8) is 0 Å². The first-order chi connectivity index (χ1) is 20.2. The van der Waals surface area contributed by atoms with Gasteiger partial charge in [0, 0.05) is 23.1 Å². The van der Waals surface area contributed by atoms with Crippen LogP contribution in [0.25, 0.3) is 22.3 Å². The number of hydrogen-bond acceptors (Lipinski definition) is 8. The number of nitrogens with two attached hydrogens (primary N) is 1. The predicted molar refractivity (Wildman–Crippen MR) is 160 cm³/mol. The molecule has 5 aromatic rings. The fraction of sp³-hybridized carbons (Fsp3) is 0.344. The van der Waals surface area contributed by atoms with Crippen LogP contribution in [0.4, 0.5) is 5.82 Å². The number of amides is 1. The van der Waals surface area contributed by atoms with Gasteiger partial charge in [0.1, 0.15) is 35.1 Å². The van der Waals surface area contributed by atoms with Crippen LogP contribution in [0.5, 0.6) is 11.5 Å². The summed E-state index contributed by atoms with van der Waals surface area (Å²) < 4.78 is 13.4. The average molecular weight is 566 g/mol. The maximum Gasteiger partial charge on any atom is 0.226 e. The lowest BCUT2D eigenvalue weighted by Crippen LogP contribution is -2.39. The van der Waals surface area contributed by atoms with Crippen molar-refractivity contribution >= 4 is 22.8 Å². The largest absolute Gasteiger partial charge is 0.457 e. The van der Waals surface area contributed by atoms with Gasteiger partial charge in [0.05, 0.1) is 23.5 Å². The van der Waals surface area contributed by atoms with Crippen molar-refractivity contribution in [1.29, 1.82) is 0 Å². The van der Waals surface area contributed by atoms with Gasteiger partial charge in [-0.2, -0.15) is 5.10 Å². The second kappa shape index (κ2) is 11.3. The van der Waals surface area contributed by atoms with E-state index < -0.39 is 0 Å². The molecule has 2 aromatic carbocycles. The lowest BCUT2D eigenvalue weighted by molar-refractivity contribution is -0.121. The lowest BCUT2D eigenvalue weighted by atomic mass is 9.91. The second-order valence-corrected chi connectivity index (χ2v) is 11.9. The monoisotopic (exact) mass is 565 g/mol. The third-order valence-corrected chi connectivity index (χ3v) is 7.67. The number of nitrogen functional groups attached to an aromatic ring is 1. The second-order valence-electron chi connectivity index (χ2n) is 11.9. The van der Waals surface area contributed by atoms with Crippen LogP contribution in [0.15, 0.2) is 71.5 Å². The molecule has 1 amide bonds. The topological polar surface area (TPSA) is 134 Å². The molecule has 1 aliphatic carbocycles. The Kier molecular flexibility index (Phi) is 7.36. The molecule has 0 atom stereocenters. The number of fused-ring (bicyclic) bond motifs is 1. The maximum atomic E-state index is 12.7. The van der Waals surface area contributed by atoms with Crippen molar-refractivity contribution in [2.45, 2.75) is 70.4 Å². The Labute approximate surface area is 244 Å². The number of rotatable bonds is 7. The van der Waals surface area contributed by atoms with Gasteiger partial charge in [-0.25, -0.2) is 14.6 Å². The standard InChI is InChI=1S/C32H35N7O3/c1-32(2,3)26-17-22(38-42-26)18-27(40)36-21-11-13-23(14-12-21)39-31-28(30(33)34-19-35-31)29(37-39)20-9-15-25(16-10-20)41-24-7-5-4-6-8-24/h4-10,15-17,19,21,23H,11-14,18H2,1-3H3,(H,36,40)(H2,33,34,35)/t21-,23+. The van der Waals surface area contributed by atoms with E-state index in [1.807, 2.05) is 65.3 Å². The Hall–Kier alpha value is -4.73. The highest BCUT2D eigenvalue weighted by Crippen LogP contribution is 2.36. The molecule has 10 nitrogen and oxygen atoms in total. The molecular weight excluding hydrogens is 530 g/mol. The highest BCUT2D eigenvalue weighted by molar-refractivity contribution is 5.98. The molecule has 0 bridgehead atoms. The maximum absolute atomic E-state index is 12.7. The van der Waals surface area contributed by atoms with Gasteiger partial charge >= 0.3 is 0 Å². The molecule has 3 heterocycles. The van der Waals surface area contributed by atoms with E-state index in [2.05, 4.69) is 41.2 Å². The molecule has 1 saturated carbocycles. The van der Waals surface area contributed by atoms with Crippen molar-refractivity contribution < 1.29 is 14.1 Å². The van der Waals surface area contributed by atoms with E-state index in [-0.39, 0.29) is 29.8 Å². The Balaban J connectivity index is 1.14. The minimum Gasteiger partial charge on any atom is -0.457 e. The number of anilines is 1. The average Bonchev–Trinajstić information content (AvgIpc) is 3.61. The Morgan fingerprint density at radius 3 is 2.43 bits per heavy atom. The Morgan fingerprint density at radius 1 is 1.02 bits per heavy atom. The van der Waals surface area contributed by atoms with Crippen LogP contribution in [0.2, 0.25) is 0 Å². The van der Waals surface area contributed by atoms with Crippen molar-refractivity contribution in [1.82, 2.24) is 30.2 Å². The van der Waals surface area contributed by atoms with Gasteiger partial charge in [-0.3, -0.25) is 4.79 Å². The summed E-state index contributed by atoms with van der Waals surface area (Å²) in [6.45, 7) is 6.17. The third kappa shape index (κ3) is 5.83. The number of aromatic nitrogens is 5. The van der Waals surface area contributed by atoms with E-state index in [1.54, 1.807) is 0 Å². The molecule has 0 radical (unpaired) electrons. The van der Waals surface area contributed by atoms with Gasteiger partial charge in [0.15, 0.2) is 5.65 Å². The first kappa shape index (κ1) is 27.4. The van der Waals surface area contributed by atoms with E-state index in [0.29, 0.717) is 11.5 Å². The number of nitrogens with one attached hydrogen (secondary N) is 1. The molecule has 0 aliphatic heterocycles. The summed E-state index contributed by atoms with van der Waals surface area (Å²) in [6, 6.07) is 19.6. The minimum atomic E-state index is -0.146. The quantitative estimate of drug-likeness (QED) is 0.246. The molecule has 1 aliphatic rings. The van der Waals surface area contributed by atoms with E-state index in [4.69, 9.17) is 20.1 Å². The summed E-state index contributed by atoms with van der Waals surface area (Å²) in [6.07, 6.45) is 5.08. The highest BCUT2D eigenvalue weighted by atomic mass is 16.5. The van der Waals surface area contributed by atoms with Crippen LogP contribution in [-0.2, 0) is 16.6 Å². The van der Waals surface area contributed by atoms with Gasteiger partial charge in [-0.05, 0) is 62.1 Å². The first-order valence-electron chi connectivity index (χ1n) is 14.3. The summed E-state index contributed by atoms with van der Waals surface area (Å²) in [5.74, 6) is 2.64. The molecule has 0 spiro atoms. The summed E-state index contributed by atoms with van der Waals surface area (Å²) in [5, 5.41) is 13.0. The van der Waals surface area contributed by atoms with E-state index >= 15 is 0 Å². The normalized spacial score (nSPS) is 17.3.